The molecule has 4 aromatic rings. The van der Waals surface area contributed by atoms with Crippen LogP contribution in [-0.2, 0) is 0 Å². The number of pyridine rings is 1. The lowest BCUT2D eigenvalue weighted by molar-refractivity contribution is 0.340. The van der Waals surface area contributed by atoms with Gasteiger partial charge in [-0.05, 0) is 54.1 Å². The summed E-state index contributed by atoms with van der Waals surface area (Å²) in [6.07, 6.45) is 1.70. The summed E-state index contributed by atoms with van der Waals surface area (Å²) >= 11 is 0. The van der Waals surface area contributed by atoms with Crippen LogP contribution in [0.2, 0.25) is 0 Å². The first-order valence-corrected chi connectivity index (χ1v) is 8.91. The van der Waals surface area contributed by atoms with Crippen molar-refractivity contribution in [2.75, 3.05) is 13.7 Å². The molecule has 0 saturated carbocycles. The van der Waals surface area contributed by atoms with Gasteiger partial charge in [0.1, 0.15) is 17.2 Å². The third kappa shape index (κ3) is 3.55. The molecule has 0 fully saturated rings. The summed E-state index contributed by atoms with van der Waals surface area (Å²) in [5.74, 6) is 2.00. The first-order chi connectivity index (χ1) is 13.8. The maximum absolute atomic E-state index is 5.61. The Hall–Kier alpha value is -3.74. The lowest BCUT2D eigenvalue weighted by Crippen LogP contribution is -2.00. The summed E-state index contributed by atoms with van der Waals surface area (Å²) < 4.78 is 11.2. The quantitative estimate of drug-likeness (QED) is 0.512. The average Bonchev–Trinajstić information content (AvgIpc) is 3.25. The number of rotatable bonds is 6. The molecule has 7 nitrogen and oxygen atoms in total. The average molecular weight is 373 g/mol. The fourth-order valence-corrected chi connectivity index (χ4v) is 2.88. The first kappa shape index (κ1) is 17.7. The van der Waals surface area contributed by atoms with Crippen LogP contribution in [0, 0.1) is 0 Å². The van der Waals surface area contributed by atoms with E-state index in [0.29, 0.717) is 23.9 Å². The second-order valence-electron chi connectivity index (χ2n) is 5.96. The summed E-state index contributed by atoms with van der Waals surface area (Å²) in [7, 11) is 1.64. The van der Waals surface area contributed by atoms with Crippen LogP contribution < -0.4 is 9.47 Å². The van der Waals surface area contributed by atoms with Crippen molar-refractivity contribution in [3.8, 4) is 39.8 Å². The van der Waals surface area contributed by atoms with Gasteiger partial charge in [-0.3, -0.25) is 4.98 Å². The third-order valence-electron chi connectivity index (χ3n) is 4.18. The molecule has 2 aromatic heterocycles. The molecule has 0 atom stereocenters. The summed E-state index contributed by atoms with van der Waals surface area (Å²) in [4.78, 5) is 5.72. The van der Waals surface area contributed by atoms with Crippen LogP contribution in [0.15, 0.2) is 66.9 Å². The fraction of sp³-hybridized carbons (Fsp3) is 0.143. The third-order valence-corrected chi connectivity index (χ3v) is 4.18. The van der Waals surface area contributed by atoms with Crippen molar-refractivity contribution in [2.24, 2.45) is 0 Å². The molecule has 0 radical (unpaired) electrons. The molecule has 140 valence electrons. The highest BCUT2D eigenvalue weighted by molar-refractivity contribution is 5.73. The molecule has 0 saturated heterocycles. The number of benzene rings is 2. The molecule has 7 heteroatoms. The van der Waals surface area contributed by atoms with Gasteiger partial charge in [-0.2, -0.15) is 0 Å². The van der Waals surface area contributed by atoms with Crippen LogP contribution in [0.3, 0.4) is 0 Å². The van der Waals surface area contributed by atoms with Crippen molar-refractivity contribution in [1.82, 2.24) is 25.2 Å². The SMILES string of the molecule is CCOc1cccc(-c2ccc(-n3nnc(-c4ccccn4)n3)cc2OC)c1. The smallest absolute Gasteiger partial charge is 0.223 e. The van der Waals surface area contributed by atoms with Gasteiger partial charge in [-0.25, -0.2) is 0 Å². The minimum absolute atomic E-state index is 0.466. The van der Waals surface area contributed by atoms with Crippen LogP contribution in [0.5, 0.6) is 11.5 Å². The van der Waals surface area contributed by atoms with Gasteiger partial charge in [0, 0.05) is 17.8 Å². The van der Waals surface area contributed by atoms with Crippen LogP contribution in [0.4, 0.5) is 0 Å². The van der Waals surface area contributed by atoms with Gasteiger partial charge < -0.3 is 9.47 Å². The molecule has 4 rings (SSSR count). The lowest BCUT2D eigenvalue weighted by atomic mass is 10.0. The summed E-state index contributed by atoms with van der Waals surface area (Å²) in [6, 6.07) is 19.3. The van der Waals surface area contributed by atoms with Crippen molar-refractivity contribution in [1.29, 1.82) is 0 Å². The predicted molar refractivity (Wildman–Crippen MR) is 106 cm³/mol. The minimum atomic E-state index is 0.466. The molecule has 0 bridgehead atoms. The van der Waals surface area contributed by atoms with Gasteiger partial charge in [-0.15, -0.1) is 15.0 Å². The van der Waals surface area contributed by atoms with Gasteiger partial charge in [0.05, 0.1) is 19.4 Å². The highest BCUT2D eigenvalue weighted by atomic mass is 16.5. The van der Waals surface area contributed by atoms with Crippen molar-refractivity contribution < 1.29 is 9.47 Å². The van der Waals surface area contributed by atoms with E-state index in [4.69, 9.17) is 9.47 Å². The number of ether oxygens (including phenoxy) is 2. The van der Waals surface area contributed by atoms with E-state index in [2.05, 4.69) is 20.4 Å². The second kappa shape index (κ2) is 7.87. The number of hydrogen-bond donors (Lipinski definition) is 0. The Balaban J connectivity index is 1.68. The van der Waals surface area contributed by atoms with Crippen LogP contribution in [0.1, 0.15) is 6.92 Å². The van der Waals surface area contributed by atoms with Crippen molar-refractivity contribution in [2.45, 2.75) is 6.92 Å². The Labute approximate surface area is 162 Å². The molecule has 0 aliphatic rings. The van der Waals surface area contributed by atoms with Crippen LogP contribution in [0.25, 0.3) is 28.3 Å². The van der Waals surface area contributed by atoms with E-state index in [1.165, 1.54) is 4.80 Å². The zero-order valence-corrected chi connectivity index (χ0v) is 15.6. The summed E-state index contributed by atoms with van der Waals surface area (Å²) in [6.45, 7) is 2.59. The molecule has 28 heavy (non-hydrogen) atoms. The van der Waals surface area contributed by atoms with E-state index in [1.807, 2.05) is 67.6 Å². The molecule has 0 unspecified atom stereocenters. The summed E-state index contributed by atoms with van der Waals surface area (Å²) in [5, 5.41) is 12.7. The zero-order chi connectivity index (χ0) is 19.3. The van der Waals surface area contributed by atoms with E-state index in [0.717, 1.165) is 22.6 Å². The predicted octanol–water partition coefficient (Wildman–Crippen LogP) is 3.80. The fourth-order valence-electron chi connectivity index (χ4n) is 2.88. The Morgan fingerprint density at radius 3 is 2.71 bits per heavy atom. The highest BCUT2D eigenvalue weighted by Gasteiger charge is 2.12. The maximum Gasteiger partial charge on any atom is 0.223 e. The van der Waals surface area contributed by atoms with Gasteiger partial charge in [0.25, 0.3) is 0 Å². The van der Waals surface area contributed by atoms with E-state index in [-0.39, 0.29) is 0 Å². The van der Waals surface area contributed by atoms with Crippen molar-refractivity contribution in [3.63, 3.8) is 0 Å². The van der Waals surface area contributed by atoms with Gasteiger partial charge in [0.2, 0.25) is 5.82 Å². The molecule has 0 aliphatic carbocycles. The summed E-state index contributed by atoms with van der Waals surface area (Å²) in [5.41, 5.74) is 3.38. The number of aromatic nitrogens is 5. The Kier molecular flexibility index (Phi) is 4.97. The molecule has 0 aliphatic heterocycles. The van der Waals surface area contributed by atoms with Gasteiger partial charge in [-0.1, -0.05) is 18.2 Å². The van der Waals surface area contributed by atoms with E-state index in [1.54, 1.807) is 13.3 Å². The first-order valence-electron chi connectivity index (χ1n) is 8.91. The Bertz CT molecular complexity index is 1080. The number of nitrogens with zero attached hydrogens (tertiary/aromatic N) is 5. The normalized spacial score (nSPS) is 10.6. The van der Waals surface area contributed by atoms with Crippen molar-refractivity contribution >= 4 is 0 Å². The largest absolute Gasteiger partial charge is 0.496 e. The molecular weight excluding hydrogens is 354 g/mol. The topological polar surface area (TPSA) is 75.0 Å². The van der Waals surface area contributed by atoms with Crippen molar-refractivity contribution in [3.05, 3.63) is 66.9 Å². The standard InChI is InChI=1S/C21H19N5O2/c1-3-28-17-8-6-7-15(13-17)18-11-10-16(14-20(18)27-2)26-24-21(23-25-26)19-9-4-5-12-22-19/h4-14H,3H2,1-2H3. The van der Waals surface area contributed by atoms with Gasteiger partial charge in [0.15, 0.2) is 0 Å². The highest BCUT2D eigenvalue weighted by Crippen LogP contribution is 2.33. The van der Waals surface area contributed by atoms with E-state index >= 15 is 0 Å². The number of tetrazole rings is 1. The van der Waals surface area contributed by atoms with E-state index < -0.39 is 0 Å². The van der Waals surface area contributed by atoms with Crippen LogP contribution in [-0.4, -0.2) is 38.9 Å². The zero-order valence-electron chi connectivity index (χ0n) is 15.6. The Morgan fingerprint density at radius 2 is 1.93 bits per heavy atom. The van der Waals surface area contributed by atoms with E-state index in [9.17, 15) is 0 Å². The monoisotopic (exact) mass is 373 g/mol. The molecule has 2 heterocycles. The minimum Gasteiger partial charge on any atom is -0.496 e. The molecular formula is C21H19N5O2. The molecule has 0 spiro atoms. The van der Waals surface area contributed by atoms with Crippen LogP contribution >= 0.6 is 0 Å². The lowest BCUT2D eigenvalue weighted by Gasteiger charge is -2.11. The maximum atomic E-state index is 5.61. The number of methoxy groups -OCH3 is 1. The molecule has 2 aromatic carbocycles. The second-order valence-corrected chi connectivity index (χ2v) is 5.96. The number of hydrogen-bond acceptors (Lipinski definition) is 6. The molecule has 0 N–H and O–H groups in total. The molecule has 0 amide bonds. The van der Waals surface area contributed by atoms with Gasteiger partial charge >= 0.3 is 0 Å². The Morgan fingerprint density at radius 1 is 1.00 bits per heavy atom.